The lowest BCUT2D eigenvalue weighted by atomic mass is 10.2. The van der Waals surface area contributed by atoms with Crippen molar-refractivity contribution in [3.05, 3.63) is 28.8 Å². The van der Waals surface area contributed by atoms with Crippen LogP contribution in [-0.2, 0) is 11.1 Å². The zero-order chi connectivity index (χ0) is 8.55. The van der Waals surface area contributed by atoms with Gasteiger partial charge in [-0.25, -0.2) is 0 Å². The number of hydrogen-bond acceptors (Lipinski definition) is 2. The maximum atomic E-state index is 5.77. The van der Waals surface area contributed by atoms with Gasteiger partial charge in [-0.1, -0.05) is 11.6 Å². The highest BCUT2D eigenvalue weighted by Crippen LogP contribution is 2.50. The van der Waals surface area contributed by atoms with E-state index < -0.39 is 7.73 Å². The Kier molecular flexibility index (Phi) is 2.42. The van der Waals surface area contributed by atoms with Crippen LogP contribution in [0.3, 0.4) is 0 Å². The molecule has 0 aliphatic carbocycles. The van der Waals surface area contributed by atoms with Crippen molar-refractivity contribution < 1.29 is 9.05 Å². The topological polar surface area (TPSA) is 18.5 Å². The number of rotatable bonds is 0. The van der Waals surface area contributed by atoms with Crippen molar-refractivity contribution in [3.8, 4) is 5.75 Å². The molecule has 0 aromatic heterocycles. The molecule has 1 unspecified atom stereocenters. The average Bonchev–Trinajstić information content (AvgIpc) is 2.05. The van der Waals surface area contributed by atoms with Gasteiger partial charge in [0.1, 0.15) is 5.75 Å². The molecule has 0 saturated carbocycles. The maximum absolute atomic E-state index is 5.77. The van der Waals surface area contributed by atoms with E-state index in [0.717, 1.165) is 11.3 Å². The fourth-order valence-electron chi connectivity index (χ4n) is 0.974. The first-order chi connectivity index (χ1) is 5.75. The Balaban J connectivity index is 2.37. The SMILES string of the molecule is Clc1ccc2c(c1)COP(Cl)O2. The van der Waals surface area contributed by atoms with Crippen molar-refractivity contribution in [3.63, 3.8) is 0 Å². The number of benzene rings is 1. The van der Waals surface area contributed by atoms with Crippen molar-refractivity contribution in [2.45, 2.75) is 6.61 Å². The molecular weight excluding hydrogens is 218 g/mol. The Morgan fingerprint density at radius 2 is 2.25 bits per heavy atom. The van der Waals surface area contributed by atoms with Crippen molar-refractivity contribution >= 4 is 30.6 Å². The molecule has 0 spiro atoms. The van der Waals surface area contributed by atoms with Gasteiger partial charge in [0.05, 0.1) is 6.61 Å². The second-order valence-corrected chi connectivity index (χ2v) is 4.46. The minimum absolute atomic E-state index is 0.477. The van der Waals surface area contributed by atoms with Gasteiger partial charge in [-0.15, -0.1) is 0 Å². The molecule has 12 heavy (non-hydrogen) atoms. The number of hydrogen-bond donors (Lipinski definition) is 0. The van der Waals surface area contributed by atoms with E-state index in [1.54, 1.807) is 12.1 Å². The molecule has 1 heterocycles. The summed E-state index contributed by atoms with van der Waals surface area (Å²) in [6.07, 6.45) is 0. The predicted molar refractivity (Wildman–Crippen MR) is 49.6 cm³/mol. The molecule has 0 fully saturated rings. The van der Waals surface area contributed by atoms with Gasteiger partial charge in [-0.05, 0) is 29.4 Å². The van der Waals surface area contributed by atoms with Crippen LogP contribution >= 0.6 is 30.6 Å². The lowest BCUT2D eigenvalue weighted by molar-refractivity contribution is 0.288. The molecule has 2 nitrogen and oxygen atoms in total. The van der Waals surface area contributed by atoms with Crippen LogP contribution in [0.15, 0.2) is 18.2 Å². The summed E-state index contributed by atoms with van der Waals surface area (Å²) in [5.41, 5.74) is 0.946. The van der Waals surface area contributed by atoms with Crippen LogP contribution in [0.5, 0.6) is 5.75 Å². The monoisotopic (exact) mass is 222 g/mol. The highest BCUT2D eigenvalue weighted by atomic mass is 35.7. The summed E-state index contributed by atoms with van der Waals surface area (Å²) in [5, 5.41) is 0.682. The van der Waals surface area contributed by atoms with E-state index in [4.69, 9.17) is 31.9 Å². The largest absolute Gasteiger partial charge is 0.436 e. The standard InChI is InChI=1S/C7H5Cl2O2P/c8-6-1-2-7-5(3-6)4-10-12(9)11-7/h1-3H,4H2. The van der Waals surface area contributed by atoms with Gasteiger partial charge in [-0.2, -0.15) is 0 Å². The quantitative estimate of drug-likeness (QED) is 0.624. The van der Waals surface area contributed by atoms with Crippen LogP contribution in [-0.4, -0.2) is 0 Å². The third kappa shape index (κ3) is 1.67. The van der Waals surface area contributed by atoms with Crippen molar-refractivity contribution in [1.82, 2.24) is 0 Å². The van der Waals surface area contributed by atoms with E-state index >= 15 is 0 Å². The minimum Gasteiger partial charge on any atom is -0.436 e. The van der Waals surface area contributed by atoms with Gasteiger partial charge in [0.2, 0.25) is 0 Å². The zero-order valence-electron chi connectivity index (χ0n) is 5.96. The Morgan fingerprint density at radius 3 is 3.08 bits per heavy atom. The zero-order valence-corrected chi connectivity index (χ0v) is 8.37. The Bertz CT molecular complexity index is 305. The molecule has 64 valence electrons. The van der Waals surface area contributed by atoms with E-state index in [1.165, 1.54) is 0 Å². The highest BCUT2D eigenvalue weighted by Gasteiger charge is 2.18. The lowest BCUT2D eigenvalue weighted by Gasteiger charge is -2.20. The third-order valence-electron chi connectivity index (χ3n) is 1.51. The molecule has 2 rings (SSSR count). The van der Waals surface area contributed by atoms with Gasteiger partial charge in [-0.3, -0.25) is 0 Å². The summed E-state index contributed by atoms with van der Waals surface area (Å²) in [6.45, 7) is 0.477. The van der Waals surface area contributed by atoms with Crippen LogP contribution in [0.1, 0.15) is 5.56 Å². The van der Waals surface area contributed by atoms with Crippen molar-refractivity contribution in [1.29, 1.82) is 0 Å². The first-order valence-electron chi connectivity index (χ1n) is 3.31. The van der Waals surface area contributed by atoms with Gasteiger partial charge < -0.3 is 9.05 Å². The smallest absolute Gasteiger partial charge is 0.338 e. The highest BCUT2D eigenvalue weighted by molar-refractivity contribution is 7.76. The molecule has 0 radical (unpaired) electrons. The Labute approximate surface area is 81.1 Å². The number of fused-ring (bicyclic) bond motifs is 1. The van der Waals surface area contributed by atoms with Gasteiger partial charge in [0.15, 0.2) is 0 Å². The second-order valence-electron chi connectivity index (χ2n) is 2.33. The van der Waals surface area contributed by atoms with Crippen LogP contribution < -0.4 is 4.52 Å². The predicted octanol–water partition coefficient (Wildman–Crippen LogP) is 3.71. The average molecular weight is 223 g/mol. The summed E-state index contributed by atoms with van der Waals surface area (Å²) in [6, 6.07) is 5.39. The molecule has 1 aromatic rings. The third-order valence-corrected chi connectivity index (χ3v) is 2.92. The van der Waals surface area contributed by atoms with Crippen LogP contribution in [0.2, 0.25) is 5.02 Å². The Hall–Kier alpha value is -0.0100. The van der Waals surface area contributed by atoms with E-state index in [0.29, 0.717) is 11.6 Å². The molecule has 0 N–H and O–H groups in total. The molecular formula is C7H5Cl2O2P. The second kappa shape index (κ2) is 3.39. The first-order valence-corrected chi connectivity index (χ1v) is 5.77. The molecule has 1 aliphatic rings. The minimum atomic E-state index is -1.26. The molecule has 1 aliphatic heterocycles. The molecule has 0 bridgehead atoms. The molecule has 0 saturated heterocycles. The lowest BCUT2D eigenvalue weighted by Crippen LogP contribution is -2.00. The summed E-state index contributed by atoms with van der Waals surface area (Å²) in [4.78, 5) is 0. The normalized spacial score (nSPS) is 21.3. The number of halogens is 2. The van der Waals surface area contributed by atoms with Gasteiger partial charge >= 0.3 is 7.73 Å². The van der Waals surface area contributed by atoms with E-state index in [1.807, 2.05) is 6.07 Å². The van der Waals surface area contributed by atoms with Crippen LogP contribution in [0.25, 0.3) is 0 Å². The summed E-state index contributed by atoms with van der Waals surface area (Å²) < 4.78 is 10.3. The first kappa shape index (κ1) is 8.58. The molecule has 0 amide bonds. The van der Waals surface area contributed by atoms with Crippen molar-refractivity contribution in [2.24, 2.45) is 0 Å². The summed E-state index contributed by atoms with van der Waals surface area (Å²) in [5.74, 6) is 0.770. The van der Waals surface area contributed by atoms with E-state index in [2.05, 4.69) is 0 Å². The molecule has 1 atom stereocenters. The van der Waals surface area contributed by atoms with Gasteiger partial charge in [0.25, 0.3) is 0 Å². The van der Waals surface area contributed by atoms with Gasteiger partial charge in [0, 0.05) is 10.6 Å². The van der Waals surface area contributed by atoms with Crippen molar-refractivity contribution in [2.75, 3.05) is 0 Å². The van der Waals surface area contributed by atoms with Crippen LogP contribution in [0, 0.1) is 0 Å². The fourth-order valence-corrected chi connectivity index (χ4v) is 2.16. The van der Waals surface area contributed by atoms with E-state index in [9.17, 15) is 0 Å². The fraction of sp³-hybridized carbons (Fsp3) is 0.143. The van der Waals surface area contributed by atoms with E-state index in [-0.39, 0.29) is 0 Å². The maximum Gasteiger partial charge on any atom is 0.338 e. The summed E-state index contributed by atoms with van der Waals surface area (Å²) in [7, 11) is -1.26. The Morgan fingerprint density at radius 1 is 1.42 bits per heavy atom. The summed E-state index contributed by atoms with van der Waals surface area (Å²) >= 11 is 11.4. The molecule has 1 aromatic carbocycles. The molecule has 5 heteroatoms. The van der Waals surface area contributed by atoms with Crippen LogP contribution in [0.4, 0.5) is 0 Å².